The second kappa shape index (κ2) is 5.81. The molecule has 0 radical (unpaired) electrons. The van der Waals surface area contributed by atoms with Gasteiger partial charge in [-0.2, -0.15) is 13.2 Å². The van der Waals surface area contributed by atoms with E-state index in [1.807, 2.05) is 18.9 Å². The summed E-state index contributed by atoms with van der Waals surface area (Å²) in [4.78, 5) is 3.91. The van der Waals surface area contributed by atoms with Crippen LogP contribution >= 0.6 is 12.2 Å². The van der Waals surface area contributed by atoms with Gasteiger partial charge in [0, 0.05) is 36.9 Å². The van der Waals surface area contributed by atoms with Gasteiger partial charge in [-0.25, -0.2) is 0 Å². The monoisotopic (exact) mass is 317 g/mol. The molecule has 0 spiro atoms. The first kappa shape index (κ1) is 16.0. The molecule has 1 aliphatic heterocycles. The number of piperazine rings is 1. The standard InChI is InChI=1S/C14H18F3N3S/c1-9-8-19(2)5-6-20(9)10-3-4-11(13(18)21)12(7-10)14(15,16)17/h3-4,7,9H,5-6,8H2,1-2H3,(H2,18,21). The summed E-state index contributed by atoms with van der Waals surface area (Å²) in [5, 5.41) is 0. The van der Waals surface area contributed by atoms with Gasteiger partial charge in [0.2, 0.25) is 0 Å². The summed E-state index contributed by atoms with van der Waals surface area (Å²) in [5.74, 6) is 0. The number of likely N-dealkylation sites (N-methyl/N-ethyl adjacent to an activating group) is 1. The molecule has 0 saturated carbocycles. The van der Waals surface area contributed by atoms with Crippen molar-refractivity contribution < 1.29 is 13.2 Å². The molecule has 116 valence electrons. The van der Waals surface area contributed by atoms with E-state index in [2.05, 4.69) is 4.90 Å². The van der Waals surface area contributed by atoms with Crippen LogP contribution in [0.3, 0.4) is 0 Å². The van der Waals surface area contributed by atoms with Gasteiger partial charge >= 0.3 is 6.18 Å². The number of nitrogens with two attached hydrogens (primary N) is 1. The van der Waals surface area contributed by atoms with Crippen LogP contribution in [-0.4, -0.2) is 42.6 Å². The van der Waals surface area contributed by atoms with Crippen molar-refractivity contribution in [1.82, 2.24) is 4.90 Å². The zero-order valence-corrected chi connectivity index (χ0v) is 12.8. The normalized spacial score (nSPS) is 20.6. The number of anilines is 1. The molecule has 1 atom stereocenters. The van der Waals surface area contributed by atoms with E-state index in [1.165, 1.54) is 6.07 Å². The van der Waals surface area contributed by atoms with Gasteiger partial charge in [0.05, 0.1) is 5.56 Å². The summed E-state index contributed by atoms with van der Waals surface area (Å²) in [6, 6.07) is 4.33. The lowest BCUT2D eigenvalue weighted by molar-refractivity contribution is -0.137. The third-order valence-corrected chi connectivity index (χ3v) is 3.96. The molecule has 7 heteroatoms. The van der Waals surface area contributed by atoms with Gasteiger partial charge in [0.25, 0.3) is 0 Å². The van der Waals surface area contributed by atoms with Crippen LogP contribution in [0.25, 0.3) is 0 Å². The summed E-state index contributed by atoms with van der Waals surface area (Å²) in [6.45, 7) is 4.34. The molecular formula is C14H18F3N3S. The quantitative estimate of drug-likeness (QED) is 0.850. The van der Waals surface area contributed by atoms with Crippen molar-refractivity contribution in [3.63, 3.8) is 0 Å². The van der Waals surface area contributed by atoms with Crippen molar-refractivity contribution >= 4 is 22.9 Å². The predicted octanol–water partition coefficient (Wildman–Crippen LogP) is 2.48. The molecule has 0 bridgehead atoms. The largest absolute Gasteiger partial charge is 0.417 e. The minimum Gasteiger partial charge on any atom is -0.389 e. The smallest absolute Gasteiger partial charge is 0.389 e. The zero-order chi connectivity index (χ0) is 15.8. The Hall–Kier alpha value is -1.34. The maximum Gasteiger partial charge on any atom is 0.417 e. The molecule has 2 N–H and O–H groups in total. The summed E-state index contributed by atoms with van der Waals surface area (Å²) in [5.41, 5.74) is 5.07. The van der Waals surface area contributed by atoms with Crippen LogP contribution in [0.4, 0.5) is 18.9 Å². The van der Waals surface area contributed by atoms with Crippen molar-refractivity contribution in [2.45, 2.75) is 19.1 Å². The van der Waals surface area contributed by atoms with E-state index >= 15 is 0 Å². The summed E-state index contributed by atoms with van der Waals surface area (Å²) >= 11 is 4.71. The Morgan fingerprint density at radius 2 is 2.00 bits per heavy atom. The average molecular weight is 317 g/mol. The van der Waals surface area contributed by atoms with Gasteiger partial charge < -0.3 is 15.5 Å². The molecular weight excluding hydrogens is 299 g/mol. The lowest BCUT2D eigenvalue weighted by Crippen LogP contribution is -2.50. The number of rotatable bonds is 2. The van der Waals surface area contributed by atoms with Crippen molar-refractivity contribution in [3.8, 4) is 0 Å². The second-order valence-corrected chi connectivity index (χ2v) is 5.84. The minimum atomic E-state index is -4.47. The van der Waals surface area contributed by atoms with E-state index < -0.39 is 11.7 Å². The molecule has 1 aliphatic rings. The van der Waals surface area contributed by atoms with Gasteiger partial charge in [-0.05, 0) is 32.2 Å². The lowest BCUT2D eigenvalue weighted by Gasteiger charge is -2.40. The first-order valence-electron chi connectivity index (χ1n) is 6.66. The molecule has 3 nitrogen and oxygen atoms in total. The molecule has 1 aromatic rings. The third-order valence-electron chi connectivity index (χ3n) is 3.74. The Bertz CT molecular complexity index is 545. The van der Waals surface area contributed by atoms with Crippen molar-refractivity contribution in [2.24, 2.45) is 5.73 Å². The molecule has 1 fully saturated rings. The highest BCUT2D eigenvalue weighted by Gasteiger charge is 2.35. The molecule has 2 rings (SSSR count). The number of benzene rings is 1. The van der Waals surface area contributed by atoms with E-state index in [-0.39, 0.29) is 16.6 Å². The molecule has 0 aliphatic carbocycles. The van der Waals surface area contributed by atoms with E-state index in [9.17, 15) is 13.2 Å². The van der Waals surface area contributed by atoms with E-state index in [1.54, 1.807) is 6.07 Å². The summed E-state index contributed by atoms with van der Waals surface area (Å²) in [7, 11) is 2.00. The molecule has 0 aromatic heterocycles. The second-order valence-electron chi connectivity index (χ2n) is 5.40. The van der Waals surface area contributed by atoms with Crippen LogP contribution in [0.1, 0.15) is 18.1 Å². The highest BCUT2D eigenvalue weighted by molar-refractivity contribution is 7.80. The molecule has 1 aromatic carbocycles. The van der Waals surface area contributed by atoms with E-state index in [4.69, 9.17) is 18.0 Å². The molecule has 21 heavy (non-hydrogen) atoms. The van der Waals surface area contributed by atoms with Crippen LogP contribution in [-0.2, 0) is 6.18 Å². The van der Waals surface area contributed by atoms with Crippen molar-refractivity contribution in [3.05, 3.63) is 29.3 Å². The van der Waals surface area contributed by atoms with Gasteiger partial charge in [-0.1, -0.05) is 12.2 Å². The van der Waals surface area contributed by atoms with Gasteiger partial charge in [0.1, 0.15) is 4.99 Å². The molecule has 0 amide bonds. The van der Waals surface area contributed by atoms with Crippen LogP contribution in [0.2, 0.25) is 0 Å². The molecule has 1 unspecified atom stereocenters. The van der Waals surface area contributed by atoms with E-state index in [0.717, 1.165) is 19.2 Å². The molecule has 1 heterocycles. The Balaban J connectivity index is 2.40. The topological polar surface area (TPSA) is 32.5 Å². The SMILES string of the molecule is CC1CN(C)CCN1c1ccc(C(N)=S)c(C(F)(F)F)c1. The maximum atomic E-state index is 13.2. The number of thiocarbonyl (C=S) groups is 1. The van der Waals surface area contributed by atoms with Crippen LogP contribution < -0.4 is 10.6 Å². The maximum absolute atomic E-state index is 13.2. The predicted molar refractivity (Wildman–Crippen MR) is 81.6 cm³/mol. The number of nitrogens with zero attached hydrogens (tertiary/aromatic N) is 2. The zero-order valence-electron chi connectivity index (χ0n) is 11.9. The third kappa shape index (κ3) is 3.47. The average Bonchev–Trinajstić information content (AvgIpc) is 2.37. The van der Waals surface area contributed by atoms with Crippen LogP contribution in [0.5, 0.6) is 0 Å². The fourth-order valence-electron chi connectivity index (χ4n) is 2.68. The van der Waals surface area contributed by atoms with Crippen molar-refractivity contribution in [1.29, 1.82) is 0 Å². The first-order valence-corrected chi connectivity index (χ1v) is 7.07. The van der Waals surface area contributed by atoms with Crippen LogP contribution in [0.15, 0.2) is 18.2 Å². The number of alkyl halides is 3. The first-order chi connectivity index (χ1) is 9.70. The molecule has 1 saturated heterocycles. The summed E-state index contributed by atoms with van der Waals surface area (Å²) in [6.07, 6.45) is -4.47. The minimum absolute atomic E-state index is 0.122. The number of hydrogen-bond acceptors (Lipinski definition) is 3. The lowest BCUT2D eigenvalue weighted by atomic mass is 10.0. The number of hydrogen-bond donors (Lipinski definition) is 1. The highest BCUT2D eigenvalue weighted by atomic mass is 32.1. The van der Waals surface area contributed by atoms with Crippen molar-refractivity contribution in [2.75, 3.05) is 31.6 Å². The van der Waals surface area contributed by atoms with Gasteiger partial charge in [0.15, 0.2) is 0 Å². The fraction of sp³-hybridized carbons (Fsp3) is 0.500. The Morgan fingerprint density at radius 3 is 2.52 bits per heavy atom. The fourth-order valence-corrected chi connectivity index (χ4v) is 2.86. The van der Waals surface area contributed by atoms with Gasteiger partial charge in [-0.3, -0.25) is 0 Å². The highest BCUT2D eigenvalue weighted by Crippen LogP contribution is 2.35. The van der Waals surface area contributed by atoms with Gasteiger partial charge in [-0.15, -0.1) is 0 Å². The van der Waals surface area contributed by atoms with E-state index in [0.29, 0.717) is 12.2 Å². The van der Waals surface area contributed by atoms with Crippen LogP contribution in [0, 0.1) is 0 Å². The Morgan fingerprint density at radius 1 is 1.33 bits per heavy atom. The number of halogens is 3. The summed E-state index contributed by atoms with van der Waals surface area (Å²) < 4.78 is 39.5. The Kier molecular flexibility index (Phi) is 4.43. The Labute approximate surface area is 127 Å².